The van der Waals surface area contributed by atoms with Crippen molar-refractivity contribution in [2.75, 3.05) is 18.4 Å². The fourth-order valence-corrected chi connectivity index (χ4v) is 2.53. The van der Waals surface area contributed by atoms with Crippen molar-refractivity contribution < 1.29 is 18.0 Å². The Morgan fingerprint density at radius 3 is 2.44 bits per heavy atom. The highest BCUT2D eigenvalue weighted by molar-refractivity contribution is 6.31. The average molecular weight is 372 g/mol. The molecular weight excluding hydrogens is 355 g/mol. The fourth-order valence-electron chi connectivity index (χ4n) is 2.31. The monoisotopic (exact) mass is 371 g/mol. The van der Waals surface area contributed by atoms with Crippen LogP contribution in [0.4, 0.5) is 24.5 Å². The van der Waals surface area contributed by atoms with Crippen LogP contribution in [-0.4, -0.2) is 28.9 Å². The van der Waals surface area contributed by atoms with Crippen LogP contribution in [0, 0.1) is 0 Å². The lowest BCUT2D eigenvalue weighted by Crippen LogP contribution is -2.30. The van der Waals surface area contributed by atoms with Crippen LogP contribution >= 0.6 is 11.6 Å². The summed E-state index contributed by atoms with van der Waals surface area (Å²) in [6.45, 7) is 4.84. The molecule has 0 fully saturated rings. The molecule has 2 aromatic rings. The van der Waals surface area contributed by atoms with Crippen LogP contribution in [0.25, 0.3) is 0 Å². The van der Waals surface area contributed by atoms with Gasteiger partial charge in [-0.3, -0.25) is 9.78 Å². The molecule has 134 valence electrons. The molecule has 0 radical (unpaired) electrons. The first-order valence-electron chi connectivity index (χ1n) is 7.64. The Hall–Kier alpha value is -2.28. The minimum atomic E-state index is -4.55. The van der Waals surface area contributed by atoms with Crippen molar-refractivity contribution in [2.45, 2.75) is 20.0 Å². The Kier molecular flexibility index (Phi) is 5.89. The van der Waals surface area contributed by atoms with Gasteiger partial charge < -0.3 is 10.2 Å². The van der Waals surface area contributed by atoms with Crippen LogP contribution in [0.5, 0.6) is 0 Å². The van der Waals surface area contributed by atoms with Crippen LogP contribution in [0.1, 0.15) is 29.8 Å². The number of nitrogens with zero attached hydrogens (tertiary/aromatic N) is 2. The number of nitrogens with one attached hydrogen (secondary N) is 1. The quantitative estimate of drug-likeness (QED) is 0.806. The zero-order chi connectivity index (χ0) is 18.6. The highest BCUT2D eigenvalue weighted by Gasteiger charge is 2.33. The molecule has 0 saturated carbocycles. The first kappa shape index (κ1) is 19.1. The number of amides is 1. The third-order valence-electron chi connectivity index (χ3n) is 3.60. The normalized spacial score (nSPS) is 11.3. The van der Waals surface area contributed by atoms with E-state index in [1.54, 1.807) is 11.0 Å². The zero-order valence-electron chi connectivity index (χ0n) is 13.7. The van der Waals surface area contributed by atoms with Crippen molar-refractivity contribution in [3.05, 3.63) is 52.8 Å². The van der Waals surface area contributed by atoms with Crippen molar-refractivity contribution in [1.82, 2.24) is 9.88 Å². The zero-order valence-corrected chi connectivity index (χ0v) is 14.4. The number of aromatic nitrogens is 1. The number of rotatable bonds is 5. The lowest BCUT2D eigenvalue weighted by atomic mass is 10.1. The van der Waals surface area contributed by atoms with E-state index < -0.39 is 11.7 Å². The topological polar surface area (TPSA) is 45.2 Å². The maximum Gasteiger partial charge on any atom is 0.417 e. The predicted molar refractivity (Wildman–Crippen MR) is 91.2 cm³/mol. The molecule has 0 saturated heterocycles. The minimum Gasteiger partial charge on any atom is -0.354 e. The van der Waals surface area contributed by atoms with E-state index in [4.69, 9.17) is 11.6 Å². The van der Waals surface area contributed by atoms with E-state index in [9.17, 15) is 18.0 Å². The molecule has 1 heterocycles. The fraction of sp³-hybridized carbons (Fsp3) is 0.294. The number of anilines is 2. The van der Waals surface area contributed by atoms with Crippen molar-refractivity contribution in [3.63, 3.8) is 0 Å². The molecule has 1 N–H and O–H groups in total. The molecular formula is C17H17ClF3N3O. The summed E-state index contributed by atoms with van der Waals surface area (Å²) >= 11 is 5.61. The summed E-state index contributed by atoms with van der Waals surface area (Å²) in [6, 6.07) is 5.07. The molecule has 0 aliphatic heterocycles. The smallest absolute Gasteiger partial charge is 0.354 e. The van der Waals surface area contributed by atoms with E-state index in [1.807, 2.05) is 13.8 Å². The number of alkyl halides is 3. The van der Waals surface area contributed by atoms with Crippen molar-refractivity contribution >= 4 is 28.9 Å². The number of pyridine rings is 1. The second kappa shape index (κ2) is 7.74. The molecule has 0 unspecified atom stereocenters. The summed E-state index contributed by atoms with van der Waals surface area (Å²) < 4.78 is 38.8. The largest absolute Gasteiger partial charge is 0.417 e. The Labute approximate surface area is 148 Å². The lowest BCUT2D eigenvalue weighted by molar-refractivity contribution is -0.137. The van der Waals surface area contributed by atoms with E-state index >= 15 is 0 Å². The molecule has 1 amide bonds. The average Bonchev–Trinajstić information content (AvgIpc) is 2.57. The van der Waals surface area contributed by atoms with E-state index in [0.717, 1.165) is 6.07 Å². The third-order valence-corrected chi connectivity index (χ3v) is 3.93. The van der Waals surface area contributed by atoms with Crippen LogP contribution < -0.4 is 5.32 Å². The van der Waals surface area contributed by atoms with Gasteiger partial charge in [-0.25, -0.2) is 0 Å². The molecule has 0 aliphatic carbocycles. The van der Waals surface area contributed by atoms with E-state index in [0.29, 0.717) is 24.3 Å². The lowest BCUT2D eigenvalue weighted by Gasteiger charge is -2.19. The molecule has 2 rings (SSSR count). The summed E-state index contributed by atoms with van der Waals surface area (Å²) in [7, 11) is 0. The Bertz CT molecular complexity index is 761. The van der Waals surface area contributed by atoms with Gasteiger partial charge in [0.25, 0.3) is 5.91 Å². The first-order valence-corrected chi connectivity index (χ1v) is 8.02. The van der Waals surface area contributed by atoms with Gasteiger partial charge in [-0.2, -0.15) is 13.2 Å². The van der Waals surface area contributed by atoms with Gasteiger partial charge in [0.1, 0.15) is 0 Å². The van der Waals surface area contributed by atoms with Crippen LogP contribution in [0.2, 0.25) is 5.02 Å². The summed E-state index contributed by atoms with van der Waals surface area (Å²) in [6.07, 6.45) is -1.69. The number of halogens is 4. The van der Waals surface area contributed by atoms with Gasteiger partial charge in [0.2, 0.25) is 0 Å². The first-order chi connectivity index (χ1) is 11.8. The Morgan fingerprint density at radius 1 is 1.16 bits per heavy atom. The standard InChI is InChI=1S/C17H17ClF3N3O/c1-3-24(4-2)16(25)11-7-13(10-22-9-11)23-12-5-6-15(18)14(8-12)17(19,20)21/h5-10,23H,3-4H2,1-2H3. The molecule has 4 nitrogen and oxygen atoms in total. The number of benzene rings is 1. The van der Waals surface area contributed by atoms with Gasteiger partial charge in [0.05, 0.1) is 28.0 Å². The van der Waals surface area contributed by atoms with Gasteiger partial charge in [0.15, 0.2) is 0 Å². The molecule has 1 aromatic carbocycles. The van der Waals surface area contributed by atoms with Crippen LogP contribution in [0.3, 0.4) is 0 Å². The van der Waals surface area contributed by atoms with E-state index in [2.05, 4.69) is 10.3 Å². The minimum absolute atomic E-state index is 0.187. The highest BCUT2D eigenvalue weighted by atomic mass is 35.5. The summed E-state index contributed by atoms with van der Waals surface area (Å²) in [5.74, 6) is -0.187. The maximum absolute atomic E-state index is 12.9. The maximum atomic E-state index is 12.9. The van der Waals surface area contributed by atoms with E-state index in [-0.39, 0.29) is 16.6 Å². The second-order valence-corrected chi connectivity index (χ2v) is 5.66. The summed E-state index contributed by atoms with van der Waals surface area (Å²) in [4.78, 5) is 17.9. The molecule has 0 atom stereocenters. The van der Waals surface area contributed by atoms with E-state index in [1.165, 1.54) is 24.5 Å². The van der Waals surface area contributed by atoms with Gasteiger partial charge in [-0.15, -0.1) is 0 Å². The SMILES string of the molecule is CCN(CC)C(=O)c1cncc(Nc2ccc(Cl)c(C(F)(F)F)c2)c1. The summed E-state index contributed by atoms with van der Waals surface area (Å²) in [5, 5.41) is 2.45. The molecule has 25 heavy (non-hydrogen) atoms. The third kappa shape index (κ3) is 4.63. The highest BCUT2D eigenvalue weighted by Crippen LogP contribution is 2.36. The molecule has 0 spiro atoms. The van der Waals surface area contributed by atoms with Gasteiger partial charge in [0, 0.05) is 25.0 Å². The molecule has 0 bridgehead atoms. The van der Waals surface area contributed by atoms with Gasteiger partial charge in [-0.1, -0.05) is 11.6 Å². The van der Waals surface area contributed by atoms with Crippen LogP contribution in [-0.2, 0) is 6.18 Å². The van der Waals surface area contributed by atoms with Crippen molar-refractivity contribution in [3.8, 4) is 0 Å². The van der Waals surface area contributed by atoms with Crippen molar-refractivity contribution in [1.29, 1.82) is 0 Å². The number of carbonyl (C=O) groups is 1. The Balaban J connectivity index is 2.27. The molecule has 8 heteroatoms. The van der Waals surface area contributed by atoms with Crippen LogP contribution in [0.15, 0.2) is 36.7 Å². The van der Waals surface area contributed by atoms with Gasteiger partial charge in [-0.05, 0) is 38.1 Å². The second-order valence-electron chi connectivity index (χ2n) is 5.26. The molecule has 0 aliphatic rings. The number of carbonyl (C=O) groups excluding carboxylic acids is 1. The van der Waals surface area contributed by atoms with Gasteiger partial charge >= 0.3 is 6.18 Å². The van der Waals surface area contributed by atoms with Crippen molar-refractivity contribution in [2.24, 2.45) is 0 Å². The Morgan fingerprint density at radius 2 is 1.84 bits per heavy atom. The predicted octanol–water partition coefficient (Wildman–Crippen LogP) is 4.98. The number of hydrogen-bond donors (Lipinski definition) is 1. The summed E-state index contributed by atoms with van der Waals surface area (Å²) in [5.41, 5.74) is 0.0422. The number of hydrogen-bond acceptors (Lipinski definition) is 3. The molecule has 1 aromatic heterocycles.